The van der Waals surface area contributed by atoms with Gasteiger partial charge in [-0.15, -0.1) is 11.3 Å². The highest BCUT2D eigenvalue weighted by Crippen LogP contribution is 2.24. The molecule has 0 aliphatic heterocycles. The summed E-state index contributed by atoms with van der Waals surface area (Å²) >= 11 is 1.54. The number of ether oxygens (including phenoxy) is 1. The third-order valence-electron chi connectivity index (χ3n) is 3.19. The van der Waals surface area contributed by atoms with Crippen molar-refractivity contribution in [2.24, 2.45) is 0 Å². The number of nitrogens with one attached hydrogen (secondary N) is 1. The Morgan fingerprint density at radius 3 is 2.91 bits per heavy atom. The Kier molecular flexibility index (Phi) is 3.93. The number of carbonyl (C=O) groups excluding carboxylic acids is 1. The normalized spacial score (nSPS) is 10.6. The zero-order valence-electron chi connectivity index (χ0n) is 11.8. The molecule has 0 aliphatic carbocycles. The average Bonchev–Trinajstić information content (AvgIpc) is 3.05. The molecule has 0 unspecified atom stereocenters. The van der Waals surface area contributed by atoms with E-state index in [1.54, 1.807) is 18.2 Å². The van der Waals surface area contributed by atoms with Crippen LogP contribution in [0.25, 0.3) is 11.0 Å². The lowest BCUT2D eigenvalue weighted by Gasteiger charge is -2.06. The van der Waals surface area contributed by atoms with E-state index in [0.717, 1.165) is 4.88 Å². The second-order valence-corrected chi connectivity index (χ2v) is 5.62. The number of carbonyl (C=O) groups is 1. The van der Waals surface area contributed by atoms with Crippen LogP contribution in [0.3, 0.4) is 0 Å². The van der Waals surface area contributed by atoms with E-state index in [4.69, 9.17) is 9.15 Å². The van der Waals surface area contributed by atoms with Gasteiger partial charge in [0.2, 0.25) is 0 Å². The summed E-state index contributed by atoms with van der Waals surface area (Å²) in [6.45, 7) is 0.381. The predicted molar refractivity (Wildman–Crippen MR) is 84.5 cm³/mol. The minimum atomic E-state index is -0.680. The maximum atomic E-state index is 12.2. The fourth-order valence-electron chi connectivity index (χ4n) is 2.11. The lowest BCUT2D eigenvalue weighted by atomic mass is 10.1. The Hall–Kier alpha value is -2.60. The molecule has 0 atom stereocenters. The summed E-state index contributed by atoms with van der Waals surface area (Å²) in [6.07, 6.45) is 0. The molecule has 0 bridgehead atoms. The van der Waals surface area contributed by atoms with E-state index in [2.05, 4.69) is 5.32 Å². The van der Waals surface area contributed by atoms with Gasteiger partial charge in [0, 0.05) is 10.3 Å². The van der Waals surface area contributed by atoms with Gasteiger partial charge in [-0.1, -0.05) is 18.2 Å². The Morgan fingerprint density at radius 2 is 2.18 bits per heavy atom. The zero-order valence-corrected chi connectivity index (χ0v) is 12.6. The number of amides is 1. The largest absolute Gasteiger partial charge is 0.493 e. The summed E-state index contributed by atoms with van der Waals surface area (Å²) in [6, 6.07) is 10.6. The highest BCUT2D eigenvalue weighted by atomic mass is 32.1. The van der Waals surface area contributed by atoms with E-state index in [1.165, 1.54) is 24.5 Å². The highest BCUT2D eigenvalue weighted by molar-refractivity contribution is 7.09. The fourth-order valence-corrected chi connectivity index (χ4v) is 2.76. The number of para-hydroxylation sites is 1. The van der Waals surface area contributed by atoms with Crippen molar-refractivity contribution in [2.45, 2.75) is 6.54 Å². The average molecular weight is 315 g/mol. The lowest BCUT2D eigenvalue weighted by molar-refractivity contribution is 0.0947. The molecule has 0 radical (unpaired) electrons. The number of hydrogen-bond acceptors (Lipinski definition) is 5. The van der Waals surface area contributed by atoms with Gasteiger partial charge in [-0.25, -0.2) is 4.79 Å². The zero-order chi connectivity index (χ0) is 15.5. The molecule has 3 rings (SSSR count). The van der Waals surface area contributed by atoms with Crippen molar-refractivity contribution in [3.63, 3.8) is 0 Å². The molecule has 0 saturated heterocycles. The minimum Gasteiger partial charge on any atom is -0.493 e. The molecule has 2 heterocycles. The smallest absolute Gasteiger partial charge is 0.349 e. The SMILES string of the molecule is COc1cccc2cc(C(=O)NCc3cccs3)c(=O)oc12. The number of hydrogen-bond donors (Lipinski definition) is 1. The van der Waals surface area contributed by atoms with E-state index in [-0.39, 0.29) is 5.56 Å². The molecular weight excluding hydrogens is 302 g/mol. The first-order valence-electron chi connectivity index (χ1n) is 6.60. The Labute approximate surface area is 130 Å². The Balaban J connectivity index is 1.92. The number of benzene rings is 1. The van der Waals surface area contributed by atoms with Gasteiger partial charge >= 0.3 is 5.63 Å². The number of methoxy groups -OCH3 is 1. The van der Waals surface area contributed by atoms with E-state index in [1.807, 2.05) is 17.5 Å². The van der Waals surface area contributed by atoms with Crippen LogP contribution in [0.5, 0.6) is 5.75 Å². The molecule has 1 N–H and O–H groups in total. The van der Waals surface area contributed by atoms with Gasteiger partial charge in [-0.05, 0) is 23.6 Å². The Morgan fingerprint density at radius 1 is 1.32 bits per heavy atom. The monoisotopic (exact) mass is 315 g/mol. The lowest BCUT2D eigenvalue weighted by Crippen LogP contribution is -2.27. The van der Waals surface area contributed by atoms with Crippen molar-refractivity contribution in [3.8, 4) is 5.75 Å². The molecule has 1 amide bonds. The van der Waals surface area contributed by atoms with Gasteiger partial charge in [0.15, 0.2) is 11.3 Å². The van der Waals surface area contributed by atoms with Crippen molar-refractivity contribution < 1.29 is 13.9 Å². The highest BCUT2D eigenvalue weighted by Gasteiger charge is 2.15. The molecule has 22 heavy (non-hydrogen) atoms. The van der Waals surface area contributed by atoms with Crippen LogP contribution in [-0.4, -0.2) is 13.0 Å². The van der Waals surface area contributed by atoms with Gasteiger partial charge in [0.25, 0.3) is 5.91 Å². The van der Waals surface area contributed by atoms with E-state index < -0.39 is 11.5 Å². The maximum Gasteiger partial charge on any atom is 0.349 e. The van der Waals surface area contributed by atoms with Gasteiger partial charge in [0.05, 0.1) is 13.7 Å². The van der Waals surface area contributed by atoms with E-state index >= 15 is 0 Å². The second-order valence-electron chi connectivity index (χ2n) is 4.59. The number of fused-ring (bicyclic) bond motifs is 1. The summed E-state index contributed by atoms with van der Waals surface area (Å²) < 4.78 is 10.4. The first-order chi connectivity index (χ1) is 10.7. The van der Waals surface area contributed by atoms with Crippen LogP contribution in [0.1, 0.15) is 15.2 Å². The first kappa shape index (κ1) is 14.3. The summed E-state index contributed by atoms with van der Waals surface area (Å²) in [7, 11) is 1.50. The topological polar surface area (TPSA) is 68.5 Å². The van der Waals surface area contributed by atoms with Crippen LogP contribution >= 0.6 is 11.3 Å². The minimum absolute atomic E-state index is 0.0164. The molecule has 0 fully saturated rings. The number of rotatable bonds is 4. The quantitative estimate of drug-likeness (QED) is 0.752. The van der Waals surface area contributed by atoms with Crippen LogP contribution in [0, 0.1) is 0 Å². The van der Waals surface area contributed by atoms with Crippen molar-refractivity contribution in [1.29, 1.82) is 0 Å². The molecule has 2 aromatic heterocycles. The molecule has 0 spiro atoms. The predicted octanol–water partition coefficient (Wildman–Crippen LogP) is 2.79. The van der Waals surface area contributed by atoms with Crippen LogP contribution < -0.4 is 15.7 Å². The third-order valence-corrected chi connectivity index (χ3v) is 4.07. The summed E-state index contributed by atoms with van der Waals surface area (Å²) in [5.74, 6) is 0.00649. The van der Waals surface area contributed by atoms with Crippen LogP contribution in [0.15, 0.2) is 51.0 Å². The maximum absolute atomic E-state index is 12.2. The van der Waals surface area contributed by atoms with Crippen molar-refractivity contribution >= 4 is 28.2 Å². The first-order valence-corrected chi connectivity index (χ1v) is 7.48. The molecule has 1 aromatic carbocycles. The third kappa shape index (κ3) is 2.73. The Bertz CT molecular complexity index is 867. The van der Waals surface area contributed by atoms with Crippen LogP contribution in [0.2, 0.25) is 0 Å². The molecular formula is C16H13NO4S. The summed E-state index contributed by atoms with van der Waals surface area (Å²) in [5, 5.41) is 5.28. The van der Waals surface area contributed by atoms with Gasteiger partial charge in [-0.2, -0.15) is 0 Å². The van der Waals surface area contributed by atoms with Gasteiger partial charge < -0.3 is 14.5 Å². The molecule has 112 valence electrons. The number of thiophene rings is 1. The molecule has 0 aliphatic rings. The van der Waals surface area contributed by atoms with Crippen molar-refractivity contribution in [2.75, 3.05) is 7.11 Å². The summed E-state index contributed by atoms with van der Waals surface area (Å²) in [5.41, 5.74) is -0.359. The van der Waals surface area contributed by atoms with E-state index in [0.29, 0.717) is 23.3 Å². The molecule has 0 saturated carbocycles. The van der Waals surface area contributed by atoms with Crippen LogP contribution in [-0.2, 0) is 6.54 Å². The summed E-state index contributed by atoms with van der Waals surface area (Å²) in [4.78, 5) is 25.2. The van der Waals surface area contributed by atoms with Crippen molar-refractivity contribution in [3.05, 3.63) is 62.6 Å². The molecule has 3 aromatic rings. The molecule has 6 heteroatoms. The van der Waals surface area contributed by atoms with Gasteiger partial charge in [0.1, 0.15) is 5.56 Å². The van der Waals surface area contributed by atoms with Gasteiger partial charge in [-0.3, -0.25) is 4.79 Å². The standard InChI is InChI=1S/C16H13NO4S/c1-20-13-6-2-4-10-8-12(16(19)21-14(10)13)15(18)17-9-11-5-3-7-22-11/h2-8H,9H2,1H3,(H,17,18). The second kappa shape index (κ2) is 6.03. The van der Waals surface area contributed by atoms with Crippen LogP contribution in [0.4, 0.5) is 0 Å². The van der Waals surface area contributed by atoms with E-state index in [9.17, 15) is 9.59 Å². The fraction of sp³-hybridized carbons (Fsp3) is 0.125. The molecule has 5 nitrogen and oxygen atoms in total. The van der Waals surface area contributed by atoms with Crippen molar-refractivity contribution in [1.82, 2.24) is 5.32 Å².